The highest BCUT2D eigenvalue weighted by atomic mass is 16.1. The SMILES string of the molecule is C/C=C/C(=O)NCCc1cnn(C)c1. The zero-order chi connectivity index (χ0) is 10.4. The quantitative estimate of drug-likeness (QED) is 0.714. The van der Waals surface area contributed by atoms with Crippen molar-refractivity contribution in [3.05, 3.63) is 30.1 Å². The Morgan fingerprint density at radius 2 is 2.50 bits per heavy atom. The summed E-state index contributed by atoms with van der Waals surface area (Å²) in [5.74, 6) is -0.0450. The molecule has 0 aliphatic heterocycles. The largest absolute Gasteiger partial charge is 0.352 e. The third-order valence-electron chi connectivity index (χ3n) is 1.79. The van der Waals surface area contributed by atoms with Crippen LogP contribution in [0.5, 0.6) is 0 Å². The summed E-state index contributed by atoms with van der Waals surface area (Å²) >= 11 is 0. The number of allylic oxidation sites excluding steroid dienone is 1. The molecule has 76 valence electrons. The van der Waals surface area contributed by atoms with Crippen LogP contribution in [0.1, 0.15) is 12.5 Å². The van der Waals surface area contributed by atoms with Crippen molar-refractivity contribution < 1.29 is 4.79 Å². The second-order valence-corrected chi connectivity index (χ2v) is 3.06. The van der Waals surface area contributed by atoms with E-state index in [2.05, 4.69) is 10.4 Å². The molecule has 0 atom stereocenters. The van der Waals surface area contributed by atoms with Crippen LogP contribution in [-0.4, -0.2) is 22.2 Å². The van der Waals surface area contributed by atoms with Gasteiger partial charge >= 0.3 is 0 Å². The molecule has 0 saturated carbocycles. The van der Waals surface area contributed by atoms with E-state index in [1.165, 1.54) is 6.08 Å². The van der Waals surface area contributed by atoms with E-state index in [9.17, 15) is 4.79 Å². The van der Waals surface area contributed by atoms with Gasteiger partial charge in [0.15, 0.2) is 0 Å². The van der Waals surface area contributed by atoms with E-state index >= 15 is 0 Å². The summed E-state index contributed by atoms with van der Waals surface area (Å²) in [6.07, 6.45) is 7.81. The number of carbonyl (C=O) groups is 1. The van der Waals surface area contributed by atoms with E-state index in [0.717, 1.165) is 12.0 Å². The molecular formula is C10H15N3O. The molecule has 0 spiro atoms. The van der Waals surface area contributed by atoms with Crippen LogP contribution in [0.15, 0.2) is 24.5 Å². The monoisotopic (exact) mass is 193 g/mol. The van der Waals surface area contributed by atoms with E-state index in [1.54, 1.807) is 10.8 Å². The fraction of sp³-hybridized carbons (Fsp3) is 0.400. The summed E-state index contributed by atoms with van der Waals surface area (Å²) in [7, 11) is 1.88. The molecule has 1 aromatic rings. The van der Waals surface area contributed by atoms with Crippen molar-refractivity contribution in [1.29, 1.82) is 0 Å². The van der Waals surface area contributed by atoms with E-state index in [1.807, 2.05) is 26.4 Å². The molecular weight excluding hydrogens is 178 g/mol. The Bertz CT molecular complexity index is 328. The van der Waals surface area contributed by atoms with Gasteiger partial charge in [-0.05, 0) is 25.0 Å². The van der Waals surface area contributed by atoms with Gasteiger partial charge in [0.1, 0.15) is 0 Å². The van der Waals surface area contributed by atoms with Crippen molar-refractivity contribution in [3.8, 4) is 0 Å². The van der Waals surface area contributed by atoms with Crippen LogP contribution in [0.3, 0.4) is 0 Å². The number of hydrogen-bond acceptors (Lipinski definition) is 2. The fourth-order valence-corrected chi connectivity index (χ4v) is 1.14. The normalized spacial score (nSPS) is 10.7. The summed E-state index contributed by atoms with van der Waals surface area (Å²) in [4.78, 5) is 11.0. The van der Waals surface area contributed by atoms with Crippen LogP contribution in [0.25, 0.3) is 0 Å². The summed E-state index contributed by atoms with van der Waals surface area (Å²) in [6, 6.07) is 0. The van der Waals surface area contributed by atoms with Crippen LogP contribution in [0.2, 0.25) is 0 Å². The Morgan fingerprint density at radius 3 is 3.07 bits per heavy atom. The van der Waals surface area contributed by atoms with E-state index < -0.39 is 0 Å². The highest BCUT2D eigenvalue weighted by molar-refractivity contribution is 5.87. The van der Waals surface area contributed by atoms with Crippen molar-refractivity contribution in [3.63, 3.8) is 0 Å². The number of hydrogen-bond donors (Lipinski definition) is 1. The van der Waals surface area contributed by atoms with E-state index in [0.29, 0.717) is 6.54 Å². The first-order chi connectivity index (χ1) is 6.72. The van der Waals surface area contributed by atoms with Gasteiger partial charge < -0.3 is 5.32 Å². The predicted octanol–water partition coefficient (Wildman–Crippen LogP) is 0.655. The molecule has 1 N–H and O–H groups in total. The minimum Gasteiger partial charge on any atom is -0.352 e. The molecule has 4 nitrogen and oxygen atoms in total. The number of carbonyl (C=O) groups excluding carboxylic acids is 1. The molecule has 0 radical (unpaired) electrons. The van der Waals surface area contributed by atoms with Crippen molar-refractivity contribution in [1.82, 2.24) is 15.1 Å². The first-order valence-corrected chi connectivity index (χ1v) is 4.60. The summed E-state index contributed by atoms with van der Waals surface area (Å²) < 4.78 is 1.75. The van der Waals surface area contributed by atoms with Gasteiger partial charge in [-0.25, -0.2) is 0 Å². The first-order valence-electron chi connectivity index (χ1n) is 4.60. The lowest BCUT2D eigenvalue weighted by molar-refractivity contribution is -0.116. The molecule has 1 aromatic heterocycles. The topological polar surface area (TPSA) is 46.9 Å². The van der Waals surface area contributed by atoms with E-state index in [-0.39, 0.29) is 5.91 Å². The van der Waals surface area contributed by atoms with Gasteiger partial charge in [-0.15, -0.1) is 0 Å². The van der Waals surface area contributed by atoms with Gasteiger partial charge in [-0.2, -0.15) is 5.10 Å². The van der Waals surface area contributed by atoms with Gasteiger partial charge in [-0.3, -0.25) is 9.48 Å². The molecule has 0 fully saturated rings. The number of aryl methyl sites for hydroxylation is 1. The second-order valence-electron chi connectivity index (χ2n) is 3.06. The molecule has 0 saturated heterocycles. The van der Waals surface area contributed by atoms with Crippen LogP contribution < -0.4 is 5.32 Å². The van der Waals surface area contributed by atoms with Gasteiger partial charge in [0, 0.05) is 19.8 Å². The lowest BCUT2D eigenvalue weighted by atomic mass is 10.2. The van der Waals surface area contributed by atoms with Gasteiger partial charge in [0.25, 0.3) is 0 Å². The van der Waals surface area contributed by atoms with Crippen LogP contribution in [0.4, 0.5) is 0 Å². The van der Waals surface area contributed by atoms with Gasteiger partial charge in [0.2, 0.25) is 5.91 Å². The lowest BCUT2D eigenvalue weighted by Gasteiger charge is -1.99. The molecule has 1 heterocycles. The van der Waals surface area contributed by atoms with Crippen molar-refractivity contribution >= 4 is 5.91 Å². The Hall–Kier alpha value is -1.58. The minimum atomic E-state index is -0.0450. The maximum absolute atomic E-state index is 11.0. The fourth-order valence-electron chi connectivity index (χ4n) is 1.14. The van der Waals surface area contributed by atoms with Crippen LogP contribution >= 0.6 is 0 Å². The highest BCUT2D eigenvalue weighted by Gasteiger charge is 1.97. The first kappa shape index (κ1) is 10.5. The van der Waals surface area contributed by atoms with Gasteiger partial charge in [-0.1, -0.05) is 6.08 Å². The Labute approximate surface area is 83.6 Å². The van der Waals surface area contributed by atoms with Crippen molar-refractivity contribution in [2.24, 2.45) is 7.05 Å². The average molecular weight is 193 g/mol. The number of amides is 1. The zero-order valence-corrected chi connectivity index (χ0v) is 8.53. The molecule has 4 heteroatoms. The van der Waals surface area contributed by atoms with Gasteiger partial charge in [0.05, 0.1) is 6.20 Å². The van der Waals surface area contributed by atoms with Crippen molar-refractivity contribution in [2.75, 3.05) is 6.54 Å². The lowest BCUT2D eigenvalue weighted by Crippen LogP contribution is -2.23. The number of nitrogens with one attached hydrogen (secondary N) is 1. The molecule has 0 aromatic carbocycles. The molecule has 0 aliphatic carbocycles. The molecule has 0 aliphatic rings. The Balaban J connectivity index is 2.25. The van der Waals surface area contributed by atoms with E-state index in [4.69, 9.17) is 0 Å². The number of aromatic nitrogens is 2. The molecule has 0 bridgehead atoms. The minimum absolute atomic E-state index is 0.0450. The highest BCUT2D eigenvalue weighted by Crippen LogP contribution is 1.95. The Morgan fingerprint density at radius 1 is 1.71 bits per heavy atom. The van der Waals surface area contributed by atoms with Crippen molar-refractivity contribution in [2.45, 2.75) is 13.3 Å². The Kier molecular flexibility index (Phi) is 3.91. The van der Waals surface area contributed by atoms with Crippen LogP contribution in [-0.2, 0) is 18.3 Å². The maximum Gasteiger partial charge on any atom is 0.243 e. The zero-order valence-electron chi connectivity index (χ0n) is 8.53. The molecule has 0 unspecified atom stereocenters. The smallest absolute Gasteiger partial charge is 0.243 e. The summed E-state index contributed by atoms with van der Waals surface area (Å²) in [5, 5.41) is 6.82. The molecule has 1 rings (SSSR count). The summed E-state index contributed by atoms with van der Waals surface area (Å²) in [5.41, 5.74) is 1.13. The van der Waals surface area contributed by atoms with Crippen LogP contribution in [0, 0.1) is 0 Å². The third kappa shape index (κ3) is 3.43. The second kappa shape index (κ2) is 5.21. The number of nitrogens with zero attached hydrogens (tertiary/aromatic N) is 2. The third-order valence-corrected chi connectivity index (χ3v) is 1.79. The number of rotatable bonds is 4. The average Bonchev–Trinajstić information content (AvgIpc) is 2.52. The molecule has 14 heavy (non-hydrogen) atoms. The summed E-state index contributed by atoms with van der Waals surface area (Å²) in [6.45, 7) is 2.47. The standard InChI is InChI=1S/C10H15N3O/c1-3-4-10(14)11-6-5-9-7-12-13(2)8-9/h3-4,7-8H,5-6H2,1-2H3,(H,11,14)/b4-3+. The predicted molar refractivity (Wildman–Crippen MR) is 54.7 cm³/mol. The molecule has 1 amide bonds. The maximum atomic E-state index is 11.0.